The number of benzene rings is 3. The molecule has 0 saturated carbocycles. The van der Waals surface area contributed by atoms with Gasteiger partial charge >= 0.3 is 0 Å². The number of hydrogen-bond donors (Lipinski definition) is 1. The zero-order chi connectivity index (χ0) is 17.8. The van der Waals surface area contributed by atoms with E-state index >= 15 is 0 Å². The Hall–Kier alpha value is -3.29. The second kappa shape index (κ2) is 7.30. The zero-order valence-corrected chi connectivity index (χ0v) is 14.7. The first-order chi connectivity index (χ1) is 12.8. The predicted molar refractivity (Wildman–Crippen MR) is 108 cm³/mol. The minimum absolute atomic E-state index is 0.764. The number of anilines is 2. The average molecular weight is 353 g/mol. The molecule has 3 nitrogen and oxygen atoms in total. The summed E-state index contributed by atoms with van der Waals surface area (Å²) in [7, 11) is 0. The third-order valence-corrected chi connectivity index (χ3v) is 4.88. The van der Waals surface area contributed by atoms with Crippen molar-refractivity contribution in [3.63, 3.8) is 0 Å². The Kier molecular flexibility index (Phi) is 4.55. The van der Waals surface area contributed by atoms with Gasteiger partial charge in [0.25, 0.3) is 0 Å². The van der Waals surface area contributed by atoms with Crippen LogP contribution in [0.25, 0.3) is 10.9 Å². The van der Waals surface area contributed by atoms with Gasteiger partial charge in [-0.1, -0.05) is 41.9 Å². The second-order valence-corrected chi connectivity index (χ2v) is 6.81. The van der Waals surface area contributed by atoms with E-state index in [0.717, 1.165) is 32.9 Å². The van der Waals surface area contributed by atoms with Crippen LogP contribution in [0, 0.1) is 12.3 Å². The summed E-state index contributed by atoms with van der Waals surface area (Å²) in [5.41, 5.74) is 2.63. The molecule has 0 unspecified atom stereocenters. The summed E-state index contributed by atoms with van der Waals surface area (Å²) in [5, 5.41) is 4.31. The summed E-state index contributed by atoms with van der Waals surface area (Å²) in [4.78, 5) is 11.2. The molecule has 0 fully saturated rings. The highest BCUT2D eigenvalue weighted by molar-refractivity contribution is 7.99. The largest absolute Gasteiger partial charge is 0.340 e. The lowest BCUT2D eigenvalue weighted by Crippen LogP contribution is -1.96. The zero-order valence-electron chi connectivity index (χ0n) is 13.9. The van der Waals surface area contributed by atoms with E-state index in [4.69, 9.17) is 6.42 Å². The van der Waals surface area contributed by atoms with E-state index < -0.39 is 0 Å². The standard InChI is InChI=1S/C22H15N3S/c1-2-16-7-6-8-17(13-16)25-22-20-12-11-19(14-21(20)23-15-24-22)26-18-9-4-3-5-10-18/h1,3-15H,(H,23,24,25). The van der Waals surface area contributed by atoms with Crippen LogP contribution in [-0.4, -0.2) is 9.97 Å². The lowest BCUT2D eigenvalue weighted by atomic mass is 10.2. The Balaban J connectivity index is 1.65. The van der Waals surface area contributed by atoms with E-state index in [9.17, 15) is 0 Å². The van der Waals surface area contributed by atoms with Crippen LogP contribution in [0.2, 0.25) is 0 Å². The van der Waals surface area contributed by atoms with Gasteiger partial charge in [0.2, 0.25) is 0 Å². The predicted octanol–water partition coefficient (Wildman–Crippen LogP) is 5.51. The van der Waals surface area contributed by atoms with Gasteiger partial charge in [-0.05, 0) is 48.5 Å². The topological polar surface area (TPSA) is 37.8 Å². The van der Waals surface area contributed by atoms with Crippen LogP contribution in [0.4, 0.5) is 11.5 Å². The summed E-state index contributed by atoms with van der Waals surface area (Å²) in [6, 6.07) is 24.2. The Morgan fingerprint density at radius 1 is 0.846 bits per heavy atom. The molecule has 0 aliphatic heterocycles. The lowest BCUT2D eigenvalue weighted by Gasteiger charge is -2.10. The van der Waals surface area contributed by atoms with Crippen molar-refractivity contribution in [2.45, 2.75) is 9.79 Å². The van der Waals surface area contributed by atoms with Crippen molar-refractivity contribution in [2.75, 3.05) is 5.32 Å². The van der Waals surface area contributed by atoms with Gasteiger partial charge in [0, 0.05) is 26.4 Å². The van der Waals surface area contributed by atoms with Crippen molar-refractivity contribution in [3.05, 3.63) is 84.7 Å². The molecule has 0 aliphatic rings. The Labute approximate surface area is 156 Å². The average Bonchev–Trinajstić information content (AvgIpc) is 2.69. The number of nitrogens with zero attached hydrogens (tertiary/aromatic N) is 2. The summed E-state index contributed by atoms with van der Waals surface area (Å²) >= 11 is 1.71. The minimum Gasteiger partial charge on any atom is -0.340 e. The van der Waals surface area contributed by atoms with Crippen molar-refractivity contribution in [1.82, 2.24) is 9.97 Å². The Bertz CT molecular complexity index is 1100. The van der Waals surface area contributed by atoms with Crippen molar-refractivity contribution in [3.8, 4) is 12.3 Å². The fourth-order valence-corrected chi connectivity index (χ4v) is 3.52. The number of rotatable bonds is 4. The number of terminal acetylenes is 1. The maximum atomic E-state index is 5.48. The van der Waals surface area contributed by atoms with E-state index in [1.165, 1.54) is 4.90 Å². The molecular weight excluding hydrogens is 338 g/mol. The van der Waals surface area contributed by atoms with E-state index in [-0.39, 0.29) is 0 Å². The summed E-state index contributed by atoms with van der Waals surface area (Å²) in [6.45, 7) is 0. The highest BCUT2D eigenvalue weighted by Crippen LogP contribution is 2.31. The number of hydrogen-bond acceptors (Lipinski definition) is 4. The normalized spacial score (nSPS) is 10.4. The van der Waals surface area contributed by atoms with Gasteiger partial charge in [-0.2, -0.15) is 0 Å². The molecule has 4 rings (SSSR count). The van der Waals surface area contributed by atoms with Gasteiger partial charge in [0.05, 0.1) is 5.52 Å². The van der Waals surface area contributed by atoms with Gasteiger partial charge < -0.3 is 5.32 Å². The van der Waals surface area contributed by atoms with E-state index in [1.807, 2.05) is 48.5 Å². The first kappa shape index (κ1) is 16.2. The molecule has 0 radical (unpaired) electrons. The third kappa shape index (κ3) is 3.53. The fourth-order valence-electron chi connectivity index (χ4n) is 2.65. The summed E-state index contributed by atoms with van der Waals surface area (Å²) in [6.07, 6.45) is 7.05. The smallest absolute Gasteiger partial charge is 0.141 e. The molecule has 1 heterocycles. The van der Waals surface area contributed by atoms with Gasteiger partial charge in [0.15, 0.2) is 0 Å². The van der Waals surface area contributed by atoms with Crippen LogP contribution in [0.5, 0.6) is 0 Å². The molecule has 0 bridgehead atoms. The third-order valence-electron chi connectivity index (χ3n) is 3.88. The van der Waals surface area contributed by atoms with Crippen LogP contribution in [0.3, 0.4) is 0 Å². The highest BCUT2D eigenvalue weighted by atomic mass is 32.2. The number of nitrogens with one attached hydrogen (secondary N) is 1. The molecule has 124 valence electrons. The molecule has 26 heavy (non-hydrogen) atoms. The maximum Gasteiger partial charge on any atom is 0.141 e. The Morgan fingerprint density at radius 2 is 1.73 bits per heavy atom. The van der Waals surface area contributed by atoms with Crippen LogP contribution in [0.1, 0.15) is 5.56 Å². The van der Waals surface area contributed by atoms with E-state index in [0.29, 0.717) is 0 Å². The molecule has 0 amide bonds. The maximum absolute atomic E-state index is 5.48. The molecule has 3 aromatic carbocycles. The van der Waals surface area contributed by atoms with Crippen LogP contribution in [-0.2, 0) is 0 Å². The molecule has 0 spiro atoms. The van der Waals surface area contributed by atoms with Crippen LogP contribution >= 0.6 is 11.8 Å². The van der Waals surface area contributed by atoms with Crippen LogP contribution < -0.4 is 5.32 Å². The molecule has 4 heteroatoms. The van der Waals surface area contributed by atoms with Crippen molar-refractivity contribution in [1.29, 1.82) is 0 Å². The molecule has 1 N–H and O–H groups in total. The molecule has 4 aromatic rings. The van der Waals surface area contributed by atoms with Crippen molar-refractivity contribution >= 4 is 34.2 Å². The van der Waals surface area contributed by atoms with Gasteiger partial charge in [0.1, 0.15) is 12.1 Å². The van der Waals surface area contributed by atoms with E-state index in [1.54, 1.807) is 18.1 Å². The SMILES string of the molecule is C#Cc1cccc(Nc2ncnc3cc(Sc4ccccc4)ccc23)c1. The highest BCUT2D eigenvalue weighted by Gasteiger charge is 2.06. The molecule has 1 aromatic heterocycles. The monoisotopic (exact) mass is 353 g/mol. The summed E-state index contributed by atoms with van der Waals surface area (Å²) in [5.74, 6) is 3.41. The minimum atomic E-state index is 0.764. The van der Waals surface area contributed by atoms with Crippen molar-refractivity contribution in [2.24, 2.45) is 0 Å². The molecule has 0 aliphatic carbocycles. The van der Waals surface area contributed by atoms with E-state index in [2.05, 4.69) is 45.5 Å². The Morgan fingerprint density at radius 3 is 2.58 bits per heavy atom. The van der Waals surface area contributed by atoms with Crippen LogP contribution in [0.15, 0.2) is 88.9 Å². The lowest BCUT2D eigenvalue weighted by molar-refractivity contribution is 1.21. The van der Waals surface area contributed by atoms with Crippen molar-refractivity contribution < 1.29 is 0 Å². The van der Waals surface area contributed by atoms with Gasteiger partial charge in [-0.25, -0.2) is 9.97 Å². The number of aromatic nitrogens is 2. The van der Waals surface area contributed by atoms with Gasteiger partial charge in [-0.3, -0.25) is 0 Å². The first-order valence-corrected chi connectivity index (χ1v) is 8.95. The fraction of sp³-hybridized carbons (Fsp3) is 0. The molecule has 0 saturated heterocycles. The number of fused-ring (bicyclic) bond motifs is 1. The summed E-state index contributed by atoms with van der Waals surface area (Å²) < 4.78 is 0. The molecular formula is C22H15N3S. The molecule has 0 atom stereocenters. The quantitative estimate of drug-likeness (QED) is 0.491. The second-order valence-electron chi connectivity index (χ2n) is 5.67. The first-order valence-electron chi connectivity index (χ1n) is 8.13. The van der Waals surface area contributed by atoms with Gasteiger partial charge in [-0.15, -0.1) is 6.42 Å².